The molecule has 3 heteroatoms. The number of rotatable bonds is 5. The highest BCUT2D eigenvalue weighted by atomic mass is 15.0. The summed E-state index contributed by atoms with van der Waals surface area (Å²) in [6.45, 7) is 17.2. The van der Waals surface area contributed by atoms with Gasteiger partial charge in [-0.2, -0.15) is 0 Å². The maximum Gasteiger partial charge on any atom is 0.164 e. The summed E-state index contributed by atoms with van der Waals surface area (Å²) in [4.78, 5) is 14.8. The fourth-order valence-electron chi connectivity index (χ4n) is 4.63. The van der Waals surface area contributed by atoms with Gasteiger partial charge in [-0.15, -0.1) is 0 Å². The van der Waals surface area contributed by atoms with Crippen LogP contribution in [-0.2, 0) is 10.8 Å². The summed E-state index contributed by atoms with van der Waals surface area (Å²) in [5.74, 6) is 2.00. The highest BCUT2D eigenvalue weighted by Gasteiger charge is 2.17. The van der Waals surface area contributed by atoms with Crippen molar-refractivity contribution < 1.29 is 0 Å². The Labute approximate surface area is 238 Å². The van der Waals surface area contributed by atoms with Gasteiger partial charge in [0.05, 0.1) is 0 Å². The summed E-state index contributed by atoms with van der Waals surface area (Å²) in [5.41, 5.74) is 9.03. The molecule has 0 N–H and O–H groups in total. The predicted molar refractivity (Wildman–Crippen MR) is 169 cm³/mol. The molecule has 0 saturated carbocycles. The molecule has 0 aliphatic carbocycles. The maximum absolute atomic E-state index is 4.94. The average molecular weight is 524 g/mol. The van der Waals surface area contributed by atoms with Crippen LogP contribution in [0.25, 0.3) is 51.4 Å². The first kappa shape index (κ1) is 27.2. The minimum Gasteiger partial charge on any atom is -0.208 e. The summed E-state index contributed by atoms with van der Waals surface area (Å²) in [5, 5.41) is 0. The Bertz CT molecular complexity index is 1540. The lowest BCUT2D eigenvalue weighted by atomic mass is 9.86. The van der Waals surface area contributed by atoms with E-state index in [1.54, 1.807) is 0 Å². The molecule has 1 aromatic heterocycles. The molecule has 200 valence electrons. The number of nitrogens with zero attached hydrogens (tertiary/aromatic N) is 3. The molecule has 3 nitrogen and oxygen atoms in total. The molecule has 0 saturated heterocycles. The van der Waals surface area contributed by atoms with Crippen molar-refractivity contribution in [1.29, 1.82) is 0 Å². The molecule has 5 aromatic rings. The average Bonchev–Trinajstić information content (AvgIpc) is 2.96. The predicted octanol–water partition coefficient (Wildman–Crippen LogP) is 9.78. The van der Waals surface area contributed by atoms with Gasteiger partial charge in [0.1, 0.15) is 0 Å². The molecule has 0 unspecified atom stereocenters. The lowest BCUT2D eigenvalue weighted by Gasteiger charge is -2.19. The van der Waals surface area contributed by atoms with Crippen molar-refractivity contribution in [1.82, 2.24) is 15.0 Å². The van der Waals surface area contributed by atoms with E-state index in [9.17, 15) is 0 Å². The van der Waals surface area contributed by atoms with Crippen molar-refractivity contribution >= 4 is 6.08 Å². The van der Waals surface area contributed by atoms with Crippen LogP contribution in [0.1, 0.15) is 58.2 Å². The first-order chi connectivity index (χ1) is 19.0. The van der Waals surface area contributed by atoms with E-state index in [2.05, 4.69) is 145 Å². The van der Waals surface area contributed by atoms with Gasteiger partial charge in [-0.05, 0) is 38.6 Å². The topological polar surface area (TPSA) is 38.7 Å². The Balaban J connectivity index is 1.57. The van der Waals surface area contributed by atoms with Crippen molar-refractivity contribution in [2.75, 3.05) is 0 Å². The first-order valence-corrected chi connectivity index (χ1v) is 13.8. The highest BCUT2D eigenvalue weighted by Crippen LogP contribution is 2.30. The highest BCUT2D eigenvalue weighted by molar-refractivity contribution is 5.71. The smallest absolute Gasteiger partial charge is 0.164 e. The fourth-order valence-corrected chi connectivity index (χ4v) is 4.63. The molecule has 0 spiro atoms. The monoisotopic (exact) mass is 523 g/mol. The van der Waals surface area contributed by atoms with E-state index in [0.29, 0.717) is 17.5 Å². The molecule has 1 heterocycles. The van der Waals surface area contributed by atoms with Crippen LogP contribution in [0, 0.1) is 0 Å². The Morgan fingerprint density at radius 3 is 1.00 bits per heavy atom. The molecule has 0 radical (unpaired) electrons. The van der Waals surface area contributed by atoms with E-state index >= 15 is 0 Å². The standard InChI is InChI=1S/C37H37N3/c1-8-25-9-11-26(12-10-25)27-13-15-28(16-14-27)33-38-34(29-17-21-31(22-18-29)36(2,3)4)40-35(39-33)30-19-23-32(24-20-30)37(5,6)7/h8-24H,1H2,2-7H3. The molecule has 5 rings (SSSR count). The molecule has 0 amide bonds. The van der Waals surface area contributed by atoms with Crippen LogP contribution in [0.5, 0.6) is 0 Å². The van der Waals surface area contributed by atoms with Gasteiger partial charge in [0.15, 0.2) is 17.5 Å². The van der Waals surface area contributed by atoms with E-state index in [0.717, 1.165) is 33.4 Å². The van der Waals surface area contributed by atoms with Gasteiger partial charge in [-0.3, -0.25) is 0 Å². The Hall–Kier alpha value is -4.37. The van der Waals surface area contributed by atoms with Crippen LogP contribution in [0.4, 0.5) is 0 Å². The van der Waals surface area contributed by atoms with E-state index in [4.69, 9.17) is 15.0 Å². The van der Waals surface area contributed by atoms with E-state index in [-0.39, 0.29) is 10.8 Å². The summed E-state index contributed by atoms with van der Waals surface area (Å²) >= 11 is 0. The normalized spacial score (nSPS) is 11.8. The second kappa shape index (κ2) is 10.7. The number of hydrogen-bond donors (Lipinski definition) is 0. The van der Waals surface area contributed by atoms with Crippen molar-refractivity contribution in [3.63, 3.8) is 0 Å². The zero-order valence-corrected chi connectivity index (χ0v) is 24.4. The van der Waals surface area contributed by atoms with Crippen LogP contribution in [0.15, 0.2) is 104 Å². The fraction of sp³-hybridized carbons (Fsp3) is 0.216. The molecule has 0 atom stereocenters. The maximum atomic E-state index is 4.94. The molecule has 4 aromatic carbocycles. The van der Waals surface area contributed by atoms with Gasteiger partial charge >= 0.3 is 0 Å². The molecule has 0 bridgehead atoms. The van der Waals surface area contributed by atoms with Crippen molar-refractivity contribution in [3.8, 4) is 45.3 Å². The third kappa shape index (κ3) is 5.94. The summed E-state index contributed by atoms with van der Waals surface area (Å²) in [7, 11) is 0. The van der Waals surface area contributed by atoms with E-state index < -0.39 is 0 Å². The molecule has 0 aliphatic heterocycles. The summed E-state index contributed by atoms with van der Waals surface area (Å²) in [6.07, 6.45) is 1.86. The van der Waals surface area contributed by atoms with Gasteiger partial charge in [0.25, 0.3) is 0 Å². The molecular formula is C37H37N3. The molecule has 0 fully saturated rings. The van der Waals surface area contributed by atoms with Gasteiger partial charge in [0, 0.05) is 16.7 Å². The summed E-state index contributed by atoms with van der Waals surface area (Å²) < 4.78 is 0. The number of hydrogen-bond acceptors (Lipinski definition) is 3. The summed E-state index contributed by atoms with van der Waals surface area (Å²) in [6, 6.07) is 34.0. The largest absolute Gasteiger partial charge is 0.208 e. The van der Waals surface area contributed by atoms with Crippen LogP contribution in [-0.4, -0.2) is 15.0 Å². The van der Waals surface area contributed by atoms with Gasteiger partial charge in [0.2, 0.25) is 0 Å². The van der Waals surface area contributed by atoms with Gasteiger partial charge in [-0.1, -0.05) is 151 Å². The Kier molecular flexibility index (Phi) is 7.25. The van der Waals surface area contributed by atoms with Crippen LogP contribution in [0.2, 0.25) is 0 Å². The van der Waals surface area contributed by atoms with Crippen molar-refractivity contribution in [3.05, 3.63) is 120 Å². The number of aromatic nitrogens is 3. The second-order valence-corrected chi connectivity index (χ2v) is 12.4. The zero-order valence-electron chi connectivity index (χ0n) is 24.4. The Morgan fingerprint density at radius 1 is 0.425 bits per heavy atom. The minimum atomic E-state index is 0.0799. The SMILES string of the molecule is C=Cc1ccc(-c2ccc(-c3nc(-c4ccc(C(C)(C)C)cc4)nc(-c4ccc(C(C)(C)C)cc4)n3)cc2)cc1. The quantitative estimate of drug-likeness (QED) is 0.230. The van der Waals surface area contributed by atoms with Gasteiger partial charge in [-0.25, -0.2) is 15.0 Å². The number of benzene rings is 4. The van der Waals surface area contributed by atoms with E-state index in [1.165, 1.54) is 11.1 Å². The van der Waals surface area contributed by atoms with Crippen molar-refractivity contribution in [2.45, 2.75) is 52.4 Å². The van der Waals surface area contributed by atoms with Crippen LogP contribution >= 0.6 is 0 Å². The second-order valence-electron chi connectivity index (χ2n) is 12.4. The van der Waals surface area contributed by atoms with Crippen molar-refractivity contribution in [2.24, 2.45) is 0 Å². The minimum absolute atomic E-state index is 0.0799. The lowest BCUT2D eigenvalue weighted by Crippen LogP contribution is -2.10. The zero-order chi connectivity index (χ0) is 28.5. The Morgan fingerprint density at radius 2 is 0.700 bits per heavy atom. The van der Waals surface area contributed by atoms with E-state index in [1.807, 2.05) is 6.08 Å². The molecule has 40 heavy (non-hydrogen) atoms. The lowest BCUT2D eigenvalue weighted by molar-refractivity contribution is 0.590. The third-order valence-electron chi connectivity index (χ3n) is 7.28. The van der Waals surface area contributed by atoms with Crippen LogP contribution < -0.4 is 0 Å². The molecular weight excluding hydrogens is 486 g/mol. The third-order valence-corrected chi connectivity index (χ3v) is 7.28. The molecule has 0 aliphatic rings. The van der Waals surface area contributed by atoms with Crippen LogP contribution in [0.3, 0.4) is 0 Å². The first-order valence-electron chi connectivity index (χ1n) is 13.8. The van der Waals surface area contributed by atoms with Gasteiger partial charge < -0.3 is 0 Å².